The predicted octanol–water partition coefficient (Wildman–Crippen LogP) is 3.51. The van der Waals surface area contributed by atoms with E-state index in [4.69, 9.17) is 14.7 Å². The number of pyridine rings is 1. The molecular weight excluding hydrogens is 410 g/mol. The number of nitrogens with zero attached hydrogens (tertiary/aromatic N) is 4. The number of carbonyl (C=O) groups excluding carboxylic acids is 2. The van der Waals surface area contributed by atoms with Gasteiger partial charge in [-0.15, -0.1) is 0 Å². The summed E-state index contributed by atoms with van der Waals surface area (Å²) in [5.41, 5.74) is -0.00756. The standard InChI is InChI=1S/C23H31N5O4/c1-23(2,3)32-22(30)28-17-5-6-18(28)11-19(10-17)31-21(29)27-9-8-16(14-27)26-20-7-4-15(12-24)13-25-20/h4,7,13,16-19H,5-6,8-11,14H2,1-3H3,(H,25,26)/t16?,17-,18+,19?. The van der Waals surface area contributed by atoms with Gasteiger partial charge in [0.25, 0.3) is 0 Å². The molecule has 9 heteroatoms. The number of fused-ring (bicyclic) bond motifs is 2. The second kappa shape index (κ2) is 8.85. The number of ether oxygens (including phenoxy) is 2. The van der Waals surface area contributed by atoms with Gasteiger partial charge in [-0.3, -0.25) is 0 Å². The summed E-state index contributed by atoms with van der Waals surface area (Å²) in [4.78, 5) is 33.2. The molecule has 0 spiro atoms. The molecule has 1 aromatic rings. The molecule has 2 bridgehead atoms. The minimum absolute atomic E-state index is 0.0665. The van der Waals surface area contributed by atoms with E-state index in [9.17, 15) is 9.59 Å². The number of anilines is 1. The molecule has 3 aliphatic heterocycles. The minimum Gasteiger partial charge on any atom is -0.446 e. The summed E-state index contributed by atoms with van der Waals surface area (Å²) in [6.45, 7) is 6.78. The molecule has 4 atom stereocenters. The second-order valence-electron chi connectivity index (χ2n) is 9.87. The summed E-state index contributed by atoms with van der Waals surface area (Å²) in [6, 6.07) is 5.76. The molecule has 0 aliphatic carbocycles. The van der Waals surface area contributed by atoms with E-state index in [1.54, 1.807) is 17.0 Å². The van der Waals surface area contributed by atoms with Crippen LogP contribution in [0.1, 0.15) is 58.4 Å². The molecule has 0 aromatic carbocycles. The highest BCUT2D eigenvalue weighted by molar-refractivity contribution is 5.70. The molecule has 1 aromatic heterocycles. The van der Waals surface area contributed by atoms with E-state index in [1.165, 1.54) is 6.20 Å². The minimum atomic E-state index is -0.520. The number of nitriles is 1. The van der Waals surface area contributed by atoms with Crippen molar-refractivity contribution in [2.45, 2.75) is 82.7 Å². The van der Waals surface area contributed by atoms with E-state index < -0.39 is 5.60 Å². The lowest BCUT2D eigenvalue weighted by Crippen LogP contribution is -2.51. The molecule has 9 nitrogen and oxygen atoms in total. The Labute approximate surface area is 188 Å². The first-order valence-electron chi connectivity index (χ1n) is 11.3. The van der Waals surface area contributed by atoms with Crippen LogP contribution in [-0.4, -0.2) is 69.9 Å². The smallest absolute Gasteiger partial charge is 0.410 e. The SMILES string of the molecule is CC(C)(C)OC(=O)N1[C@@H]2CC[C@H]1CC(OC(=O)N1CCC(Nc3ccc(C#N)cn3)C1)C2. The van der Waals surface area contributed by atoms with Crippen molar-refractivity contribution >= 4 is 18.0 Å². The first-order valence-corrected chi connectivity index (χ1v) is 11.3. The number of likely N-dealkylation sites (tertiary alicyclic amines) is 1. The average Bonchev–Trinajstić information content (AvgIpc) is 3.30. The summed E-state index contributed by atoms with van der Waals surface area (Å²) >= 11 is 0. The largest absolute Gasteiger partial charge is 0.446 e. The van der Waals surface area contributed by atoms with E-state index in [0.717, 1.165) is 19.3 Å². The highest BCUT2D eigenvalue weighted by Crippen LogP contribution is 2.38. The number of amides is 2. The molecule has 0 radical (unpaired) electrons. The van der Waals surface area contributed by atoms with E-state index in [0.29, 0.717) is 37.3 Å². The molecule has 0 saturated carbocycles. The van der Waals surface area contributed by atoms with Crippen molar-refractivity contribution in [3.05, 3.63) is 23.9 Å². The monoisotopic (exact) mass is 441 g/mol. The summed E-state index contributed by atoms with van der Waals surface area (Å²) < 4.78 is 11.4. The summed E-state index contributed by atoms with van der Waals surface area (Å²) in [7, 11) is 0. The van der Waals surface area contributed by atoms with Crippen molar-refractivity contribution in [2.75, 3.05) is 18.4 Å². The molecule has 4 heterocycles. The maximum Gasteiger partial charge on any atom is 0.410 e. The van der Waals surface area contributed by atoms with Gasteiger partial charge in [0, 0.05) is 50.3 Å². The Kier molecular flexibility index (Phi) is 6.13. The van der Waals surface area contributed by atoms with E-state index in [1.807, 2.05) is 31.7 Å². The number of piperidine rings is 1. The van der Waals surface area contributed by atoms with Crippen molar-refractivity contribution in [1.29, 1.82) is 5.26 Å². The predicted molar refractivity (Wildman–Crippen MR) is 117 cm³/mol. The quantitative estimate of drug-likeness (QED) is 0.765. The molecule has 2 amide bonds. The number of hydrogen-bond acceptors (Lipinski definition) is 7. The lowest BCUT2D eigenvalue weighted by atomic mass is 10.0. The Morgan fingerprint density at radius 2 is 1.88 bits per heavy atom. The lowest BCUT2D eigenvalue weighted by molar-refractivity contribution is -0.0193. The van der Waals surface area contributed by atoms with Crippen LogP contribution in [0.2, 0.25) is 0 Å². The fourth-order valence-electron chi connectivity index (χ4n) is 4.85. The van der Waals surface area contributed by atoms with Crippen molar-refractivity contribution < 1.29 is 19.1 Å². The zero-order chi connectivity index (χ0) is 22.9. The van der Waals surface area contributed by atoms with Crippen LogP contribution < -0.4 is 5.32 Å². The molecular formula is C23H31N5O4. The third-order valence-corrected chi connectivity index (χ3v) is 6.25. The van der Waals surface area contributed by atoms with Crippen LogP contribution in [0.3, 0.4) is 0 Å². The summed E-state index contributed by atoms with van der Waals surface area (Å²) in [6.07, 6.45) is 4.76. The normalized spacial score (nSPS) is 27.1. The first kappa shape index (κ1) is 22.2. The number of hydrogen-bond donors (Lipinski definition) is 1. The second-order valence-corrected chi connectivity index (χ2v) is 9.87. The number of rotatable bonds is 3. The van der Waals surface area contributed by atoms with Gasteiger partial charge in [-0.05, 0) is 52.2 Å². The van der Waals surface area contributed by atoms with Gasteiger partial charge in [-0.25, -0.2) is 14.6 Å². The molecule has 3 aliphatic rings. The van der Waals surface area contributed by atoms with Gasteiger partial charge >= 0.3 is 12.2 Å². The lowest BCUT2D eigenvalue weighted by Gasteiger charge is -2.39. The van der Waals surface area contributed by atoms with Crippen molar-refractivity contribution in [3.8, 4) is 6.07 Å². The van der Waals surface area contributed by atoms with Crippen molar-refractivity contribution in [3.63, 3.8) is 0 Å². The van der Waals surface area contributed by atoms with Gasteiger partial charge < -0.3 is 24.6 Å². The van der Waals surface area contributed by atoms with Crippen LogP contribution in [0.25, 0.3) is 0 Å². The Morgan fingerprint density at radius 3 is 2.47 bits per heavy atom. The Balaban J connectivity index is 1.26. The maximum atomic E-state index is 12.8. The Morgan fingerprint density at radius 1 is 1.16 bits per heavy atom. The van der Waals surface area contributed by atoms with Crippen LogP contribution in [0.15, 0.2) is 18.3 Å². The summed E-state index contributed by atoms with van der Waals surface area (Å²) in [5.74, 6) is 0.690. The zero-order valence-electron chi connectivity index (χ0n) is 18.9. The fraction of sp³-hybridized carbons (Fsp3) is 0.652. The molecule has 3 saturated heterocycles. The Bertz CT molecular complexity index is 877. The van der Waals surface area contributed by atoms with Crippen LogP contribution in [-0.2, 0) is 9.47 Å². The fourth-order valence-corrected chi connectivity index (χ4v) is 4.85. The highest BCUT2D eigenvalue weighted by atomic mass is 16.6. The van der Waals surface area contributed by atoms with E-state index >= 15 is 0 Å². The third-order valence-electron chi connectivity index (χ3n) is 6.25. The van der Waals surface area contributed by atoms with Gasteiger partial charge in [0.2, 0.25) is 0 Å². The zero-order valence-corrected chi connectivity index (χ0v) is 18.9. The molecule has 32 heavy (non-hydrogen) atoms. The molecule has 3 fully saturated rings. The topological polar surface area (TPSA) is 108 Å². The van der Waals surface area contributed by atoms with Gasteiger partial charge in [0.05, 0.1) is 5.56 Å². The number of aromatic nitrogens is 1. The van der Waals surface area contributed by atoms with Crippen LogP contribution in [0.4, 0.5) is 15.4 Å². The number of nitrogens with one attached hydrogen (secondary N) is 1. The van der Waals surface area contributed by atoms with Gasteiger partial charge in [0.15, 0.2) is 0 Å². The van der Waals surface area contributed by atoms with Crippen LogP contribution in [0, 0.1) is 11.3 Å². The van der Waals surface area contributed by atoms with E-state index in [-0.39, 0.29) is 36.4 Å². The maximum absolute atomic E-state index is 12.8. The summed E-state index contributed by atoms with van der Waals surface area (Å²) in [5, 5.41) is 12.2. The number of carbonyl (C=O) groups is 2. The third kappa shape index (κ3) is 5.06. The average molecular weight is 442 g/mol. The van der Waals surface area contributed by atoms with Gasteiger partial charge in [0.1, 0.15) is 23.6 Å². The molecule has 1 N–H and O–H groups in total. The van der Waals surface area contributed by atoms with Gasteiger partial charge in [-0.1, -0.05) is 0 Å². The van der Waals surface area contributed by atoms with Gasteiger partial charge in [-0.2, -0.15) is 5.26 Å². The highest BCUT2D eigenvalue weighted by Gasteiger charge is 2.46. The van der Waals surface area contributed by atoms with Crippen LogP contribution in [0.5, 0.6) is 0 Å². The van der Waals surface area contributed by atoms with Crippen molar-refractivity contribution in [1.82, 2.24) is 14.8 Å². The van der Waals surface area contributed by atoms with E-state index in [2.05, 4.69) is 10.3 Å². The first-order chi connectivity index (χ1) is 15.2. The molecule has 4 rings (SSSR count). The molecule has 2 unspecified atom stereocenters. The van der Waals surface area contributed by atoms with Crippen LogP contribution >= 0.6 is 0 Å². The van der Waals surface area contributed by atoms with Crippen molar-refractivity contribution in [2.24, 2.45) is 0 Å². The molecule has 172 valence electrons. The Hall–Kier alpha value is -3.02.